The third kappa shape index (κ3) is 2.00. The number of rotatable bonds is 2. The summed E-state index contributed by atoms with van der Waals surface area (Å²) in [5.74, 6) is 0.440. The average Bonchev–Trinajstić information content (AvgIpc) is 2.04. The molecule has 0 aliphatic rings. The van der Waals surface area contributed by atoms with Crippen molar-refractivity contribution in [2.24, 2.45) is 0 Å². The molecule has 0 unspecified atom stereocenters. The van der Waals surface area contributed by atoms with Crippen molar-refractivity contribution in [3.63, 3.8) is 0 Å². The fourth-order valence-corrected chi connectivity index (χ4v) is 2.24. The maximum Gasteiger partial charge on any atom is 0.301 e. The van der Waals surface area contributed by atoms with Crippen molar-refractivity contribution in [2.75, 3.05) is 7.11 Å². The molecule has 0 fully saturated rings. The molecule has 4 nitrogen and oxygen atoms in total. The van der Waals surface area contributed by atoms with E-state index in [1.165, 1.54) is 7.11 Å². The summed E-state index contributed by atoms with van der Waals surface area (Å²) in [5, 5.41) is 10.6. The molecule has 0 heterocycles. The van der Waals surface area contributed by atoms with Crippen LogP contribution in [-0.4, -0.2) is 12.0 Å². The van der Waals surface area contributed by atoms with Crippen LogP contribution in [0.2, 0.25) is 0 Å². The van der Waals surface area contributed by atoms with Gasteiger partial charge in [-0.25, -0.2) is 0 Å². The number of hydrogen-bond donors (Lipinski definition) is 0. The van der Waals surface area contributed by atoms with E-state index in [0.717, 1.165) is 0 Å². The summed E-state index contributed by atoms with van der Waals surface area (Å²) < 4.78 is 5.68. The smallest absolute Gasteiger partial charge is 0.301 e. The van der Waals surface area contributed by atoms with Gasteiger partial charge in [-0.2, -0.15) is 0 Å². The Morgan fingerprint density at radius 2 is 2.08 bits per heavy atom. The van der Waals surface area contributed by atoms with E-state index < -0.39 is 4.92 Å². The molecular formula is C7H5Br2NO3. The molecule has 0 spiro atoms. The summed E-state index contributed by atoms with van der Waals surface area (Å²) in [6.45, 7) is 0. The molecule has 0 aromatic heterocycles. The van der Waals surface area contributed by atoms with Gasteiger partial charge in [-0.1, -0.05) is 0 Å². The highest BCUT2D eigenvalue weighted by Gasteiger charge is 2.20. The van der Waals surface area contributed by atoms with Crippen molar-refractivity contribution in [1.82, 2.24) is 0 Å². The summed E-state index contributed by atoms with van der Waals surface area (Å²) >= 11 is 6.18. The first-order valence-electron chi connectivity index (χ1n) is 3.24. The number of halogens is 2. The predicted octanol–water partition coefficient (Wildman–Crippen LogP) is 3.13. The molecule has 1 rings (SSSR count). The maximum atomic E-state index is 10.6. The zero-order valence-corrected chi connectivity index (χ0v) is 9.75. The largest absolute Gasteiger partial charge is 0.495 e. The van der Waals surface area contributed by atoms with Gasteiger partial charge in [0.25, 0.3) is 0 Å². The fourth-order valence-electron chi connectivity index (χ4n) is 0.847. The summed E-state index contributed by atoms with van der Waals surface area (Å²) in [4.78, 5) is 10.1. The first kappa shape index (κ1) is 10.5. The molecule has 0 saturated heterocycles. The molecular weight excluding hydrogens is 306 g/mol. The fraction of sp³-hybridized carbons (Fsp3) is 0.143. The van der Waals surface area contributed by atoms with Crippen molar-refractivity contribution < 1.29 is 9.66 Å². The Morgan fingerprint density at radius 3 is 2.54 bits per heavy atom. The second-order valence-electron chi connectivity index (χ2n) is 2.17. The van der Waals surface area contributed by atoms with Gasteiger partial charge in [0.15, 0.2) is 0 Å². The Kier molecular flexibility index (Phi) is 3.27. The van der Waals surface area contributed by atoms with Gasteiger partial charge in [0, 0.05) is 0 Å². The van der Waals surface area contributed by atoms with Gasteiger partial charge in [0.2, 0.25) is 0 Å². The van der Waals surface area contributed by atoms with E-state index in [2.05, 4.69) is 31.9 Å². The van der Waals surface area contributed by atoms with Gasteiger partial charge in [0.1, 0.15) is 10.2 Å². The minimum atomic E-state index is -0.476. The van der Waals surface area contributed by atoms with E-state index in [-0.39, 0.29) is 5.69 Å². The lowest BCUT2D eigenvalue weighted by molar-refractivity contribution is -0.386. The molecule has 0 atom stereocenters. The molecule has 70 valence electrons. The molecule has 0 N–H and O–H groups in total. The molecule has 0 saturated carbocycles. The predicted molar refractivity (Wildman–Crippen MR) is 55.0 cm³/mol. The molecule has 6 heteroatoms. The van der Waals surface area contributed by atoms with E-state index in [1.807, 2.05) is 0 Å². The molecule has 0 aliphatic heterocycles. The van der Waals surface area contributed by atoms with Crippen LogP contribution in [-0.2, 0) is 0 Å². The Labute approximate surface area is 91.3 Å². The van der Waals surface area contributed by atoms with Gasteiger partial charge in [-0.3, -0.25) is 10.1 Å². The molecule has 0 aliphatic carbocycles. The molecule has 0 amide bonds. The van der Waals surface area contributed by atoms with Crippen molar-refractivity contribution in [3.8, 4) is 5.75 Å². The zero-order chi connectivity index (χ0) is 10.0. The molecule has 13 heavy (non-hydrogen) atoms. The highest BCUT2D eigenvalue weighted by Crippen LogP contribution is 2.39. The van der Waals surface area contributed by atoms with E-state index >= 15 is 0 Å². The van der Waals surface area contributed by atoms with E-state index in [0.29, 0.717) is 14.7 Å². The lowest BCUT2D eigenvalue weighted by atomic mass is 10.3. The number of hydrogen-bond acceptors (Lipinski definition) is 3. The minimum Gasteiger partial charge on any atom is -0.495 e. The van der Waals surface area contributed by atoms with Crippen LogP contribution in [0.15, 0.2) is 21.1 Å². The molecule has 1 aromatic rings. The van der Waals surface area contributed by atoms with Crippen LogP contribution in [0.1, 0.15) is 0 Å². The first-order chi connectivity index (χ1) is 6.07. The average molecular weight is 311 g/mol. The van der Waals surface area contributed by atoms with Crippen molar-refractivity contribution in [2.45, 2.75) is 0 Å². The Bertz CT molecular complexity index is 354. The molecule has 0 bridgehead atoms. The highest BCUT2D eigenvalue weighted by atomic mass is 79.9. The summed E-state index contributed by atoms with van der Waals surface area (Å²) in [5.41, 5.74) is -0.0284. The van der Waals surface area contributed by atoms with Gasteiger partial charge in [0.05, 0.1) is 16.5 Å². The summed E-state index contributed by atoms with van der Waals surface area (Å²) in [6, 6.07) is 3.21. The number of nitrogens with zero attached hydrogens (tertiary/aromatic N) is 1. The summed E-state index contributed by atoms with van der Waals surface area (Å²) in [6.07, 6.45) is 0. The van der Waals surface area contributed by atoms with Crippen molar-refractivity contribution >= 4 is 37.5 Å². The van der Waals surface area contributed by atoms with Crippen LogP contribution in [0, 0.1) is 10.1 Å². The Balaban J connectivity index is 3.38. The standard InChI is InChI=1S/C7H5Br2NO3/c1-13-5-3-2-4(8)7(6(5)9)10(11)12/h2-3H,1H3. The van der Waals surface area contributed by atoms with Crippen molar-refractivity contribution in [3.05, 3.63) is 31.2 Å². The van der Waals surface area contributed by atoms with Crippen molar-refractivity contribution in [1.29, 1.82) is 0 Å². The quantitative estimate of drug-likeness (QED) is 0.623. The Hall–Kier alpha value is -0.620. The van der Waals surface area contributed by atoms with Gasteiger partial charge >= 0.3 is 5.69 Å². The van der Waals surface area contributed by atoms with Crippen LogP contribution in [0.3, 0.4) is 0 Å². The minimum absolute atomic E-state index is 0.0284. The van der Waals surface area contributed by atoms with E-state index in [1.54, 1.807) is 12.1 Å². The van der Waals surface area contributed by atoms with Crippen LogP contribution in [0.25, 0.3) is 0 Å². The third-order valence-corrected chi connectivity index (χ3v) is 2.84. The topological polar surface area (TPSA) is 52.4 Å². The summed E-state index contributed by atoms with van der Waals surface area (Å²) in [7, 11) is 1.46. The van der Waals surface area contributed by atoms with E-state index in [9.17, 15) is 10.1 Å². The van der Waals surface area contributed by atoms with Gasteiger partial charge < -0.3 is 4.74 Å². The zero-order valence-electron chi connectivity index (χ0n) is 6.58. The van der Waals surface area contributed by atoms with Gasteiger partial charge in [-0.15, -0.1) is 0 Å². The number of nitro benzene ring substituents is 1. The lowest BCUT2D eigenvalue weighted by Gasteiger charge is -2.03. The highest BCUT2D eigenvalue weighted by molar-refractivity contribution is 9.11. The van der Waals surface area contributed by atoms with Crippen LogP contribution in [0.5, 0.6) is 5.75 Å². The van der Waals surface area contributed by atoms with Gasteiger partial charge in [-0.05, 0) is 44.0 Å². The number of nitro groups is 1. The molecule has 1 aromatic carbocycles. The number of benzene rings is 1. The SMILES string of the molecule is COc1ccc(Br)c([N+](=O)[O-])c1Br. The first-order valence-corrected chi connectivity index (χ1v) is 4.83. The molecule has 0 radical (unpaired) electrons. The monoisotopic (exact) mass is 309 g/mol. The van der Waals surface area contributed by atoms with E-state index in [4.69, 9.17) is 4.74 Å². The van der Waals surface area contributed by atoms with Crippen LogP contribution < -0.4 is 4.74 Å². The second kappa shape index (κ2) is 4.06. The van der Waals surface area contributed by atoms with Crippen LogP contribution in [0.4, 0.5) is 5.69 Å². The Morgan fingerprint density at radius 1 is 1.46 bits per heavy atom. The normalized spacial score (nSPS) is 9.77. The maximum absolute atomic E-state index is 10.6. The van der Waals surface area contributed by atoms with Crippen LogP contribution >= 0.6 is 31.9 Å². The third-order valence-electron chi connectivity index (χ3n) is 1.43. The lowest BCUT2D eigenvalue weighted by Crippen LogP contribution is -1.93. The second-order valence-corrected chi connectivity index (χ2v) is 3.82. The number of ether oxygens (including phenoxy) is 1. The number of methoxy groups -OCH3 is 1.